The lowest BCUT2D eigenvalue weighted by Crippen LogP contribution is -2.61. The molecular formula is C68H68BN3O. The lowest BCUT2D eigenvalue weighted by atomic mass is 9.33. The van der Waals surface area contributed by atoms with Crippen molar-refractivity contribution < 1.29 is 4.42 Å². The van der Waals surface area contributed by atoms with Crippen LogP contribution in [0.3, 0.4) is 0 Å². The van der Waals surface area contributed by atoms with Gasteiger partial charge in [-0.15, -0.1) is 0 Å². The topological polar surface area (TPSA) is 22.9 Å². The maximum Gasteiger partial charge on any atom is 0.252 e. The Hall–Kier alpha value is -6.98. The Kier molecular flexibility index (Phi) is 9.90. The van der Waals surface area contributed by atoms with Gasteiger partial charge in [0, 0.05) is 61.6 Å². The number of fused-ring (bicyclic) bond motifs is 10. The molecule has 1 aromatic heterocycles. The van der Waals surface area contributed by atoms with Crippen LogP contribution in [0.1, 0.15) is 124 Å². The van der Waals surface area contributed by atoms with Crippen LogP contribution in [0.2, 0.25) is 0 Å². The number of hydrogen-bond acceptors (Lipinski definition) is 4. The molecule has 2 atom stereocenters. The standard InChI is InChI=1S/C68H68BN3O/c1-64(2,3)44-24-21-25-47(36-44)70-57-38-46(66(7,8)9)30-32-53(57)69-54-42-62-51(49-26-15-18-29-61(49)73-62)41-58(54)71(55-33-31-45(65(4,5)6)37-50(55)43-22-13-12-14-23-43)60-40-48(39-59(70)63(60)69)72-56-28-17-16-27-52(56)67(10)34-19-20-35-68(67,72)11/h12-18,21-33,36-42H,19-20,34-35H2,1-11H3. The highest BCUT2D eigenvalue weighted by atomic mass is 16.3. The fraction of sp³-hybridized carbons (Fsp3) is 0.294. The fourth-order valence-electron chi connectivity index (χ4n) is 13.6. The van der Waals surface area contributed by atoms with Crippen LogP contribution >= 0.6 is 0 Å². The Morgan fingerprint density at radius 1 is 0.452 bits per heavy atom. The van der Waals surface area contributed by atoms with Crippen molar-refractivity contribution in [3.63, 3.8) is 0 Å². The molecule has 5 heteroatoms. The first kappa shape index (κ1) is 45.9. The minimum absolute atomic E-state index is 0.0179. The van der Waals surface area contributed by atoms with Crippen LogP contribution in [-0.4, -0.2) is 12.3 Å². The molecule has 0 bridgehead atoms. The average Bonchev–Trinajstić information content (AvgIpc) is 3.83. The minimum atomic E-state index is -0.152. The van der Waals surface area contributed by atoms with E-state index in [2.05, 4.69) is 255 Å². The van der Waals surface area contributed by atoms with Crippen molar-refractivity contribution in [3.05, 3.63) is 186 Å². The highest BCUT2D eigenvalue weighted by Crippen LogP contribution is 2.62. The number of benzene rings is 8. The van der Waals surface area contributed by atoms with Crippen LogP contribution in [-0.2, 0) is 21.7 Å². The molecule has 8 aromatic carbocycles. The minimum Gasteiger partial charge on any atom is -0.456 e. The predicted octanol–water partition coefficient (Wildman–Crippen LogP) is 17.0. The van der Waals surface area contributed by atoms with Crippen molar-refractivity contribution in [1.82, 2.24) is 0 Å². The van der Waals surface area contributed by atoms with Gasteiger partial charge in [-0.2, -0.15) is 0 Å². The molecule has 4 nitrogen and oxygen atoms in total. The van der Waals surface area contributed by atoms with Gasteiger partial charge in [-0.3, -0.25) is 0 Å². The number of hydrogen-bond donors (Lipinski definition) is 0. The molecule has 2 unspecified atom stereocenters. The molecule has 0 spiro atoms. The maximum absolute atomic E-state index is 6.88. The molecule has 0 N–H and O–H groups in total. The number of nitrogens with zero attached hydrogens (tertiary/aromatic N) is 3. The van der Waals surface area contributed by atoms with Gasteiger partial charge in [0.25, 0.3) is 6.71 Å². The maximum atomic E-state index is 6.88. The van der Waals surface area contributed by atoms with E-state index in [-0.39, 0.29) is 33.9 Å². The van der Waals surface area contributed by atoms with Crippen LogP contribution in [0.5, 0.6) is 0 Å². The van der Waals surface area contributed by atoms with Gasteiger partial charge in [0.05, 0.1) is 11.2 Å². The zero-order valence-corrected chi connectivity index (χ0v) is 44.7. The molecule has 3 aliphatic heterocycles. The molecule has 0 radical (unpaired) electrons. The molecule has 1 fully saturated rings. The Balaban J connectivity index is 1.21. The lowest BCUT2D eigenvalue weighted by molar-refractivity contribution is 0.195. The van der Waals surface area contributed by atoms with Crippen molar-refractivity contribution in [2.75, 3.05) is 14.7 Å². The van der Waals surface area contributed by atoms with Gasteiger partial charge < -0.3 is 19.1 Å². The van der Waals surface area contributed by atoms with E-state index in [4.69, 9.17) is 4.42 Å². The second-order valence-electron chi connectivity index (χ2n) is 25.3. The van der Waals surface area contributed by atoms with Crippen molar-refractivity contribution >= 4 is 90.5 Å². The van der Waals surface area contributed by atoms with Gasteiger partial charge in [-0.1, -0.05) is 179 Å². The summed E-state index contributed by atoms with van der Waals surface area (Å²) >= 11 is 0. The van der Waals surface area contributed by atoms with Gasteiger partial charge in [-0.05, 0) is 147 Å². The van der Waals surface area contributed by atoms with E-state index in [0.29, 0.717) is 0 Å². The van der Waals surface area contributed by atoms with Gasteiger partial charge in [0.1, 0.15) is 11.2 Å². The first-order chi connectivity index (χ1) is 34.8. The van der Waals surface area contributed by atoms with Crippen LogP contribution < -0.4 is 31.1 Å². The summed E-state index contributed by atoms with van der Waals surface area (Å²) in [6, 6.07) is 63.1. The third kappa shape index (κ3) is 6.79. The number of furan rings is 1. The van der Waals surface area contributed by atoms with Crippen LogP contribution in [0.25, 0.3) is 33.1 Å². The summed E-state index contributed by atoms with van der Waals surface area (Å²) in [5, 5.41) is 2.26. The summed E-state index contributed by atoms with van der Waals surface area (Å²) in [5.74, 6) is 0. The number of rotatable bonds is 4. The van der Waals surface area contributed by atoms with E-state index >= 15 is 0 Å². The zero-order valence-electron chi connectivity index (χ0n) is 44.7. The number of anilines is 8. The molecule has 1 aliphatic carbocycles. The highest BCUT2D eigenvalue weighted by Gasteiger charge is 2.58. The van der Waals surface area contributed by atoms with E-state index in [9.17, 15) is 0 Å². The Morgan fingerprint density at radius 2 is 1.10 bits per heavy atom. The predicted molar refractivity (Wildman–Crippen MR) is 312 cm³/mol. The zero-order chi connectivity index (χ0) is 50.6. The summed E-state index contributed by atoms with van der Waals surface area (Å²) < 4.78 is 6.88. The Labute approximate surface area is 433 Å². The molecule has 364 valence electrons. The van der Waals surface area contributed by atoms with E-state index in [1.54, 1.807) is 0 Å². The van der Waals surface area contributed by atoms with Crippen LogP contribution in [0.15, 0.2) is 168 Å². The quantitative estimate of drug-likeness (QED) is 0.164. The second kappa shape index (κ2) is 15.8. The first-order valence-electron chi connectivity index (χ1n) is 26.9. The van der Waals surface area contributed by atoms with E-state index < -0.39 is 0 Å². The number of para-hydroxylation sites is 2. The van der Waals surface area contributed by atoms with Gasteiger partial charge in [0.15, 0.2) is 0 Å². The summed E-state index contributed by atoms with van der Waals surface area (Å²) in [7, 11) is 0. The van der Waals surface area contributed by atoms with Crippen molar-refractivity contribution in [1.29, 1.82) is 0 Å². The van der Waals surface area contributed by atoms with E-state index in [0.717, 1.165) is 34.0 Å². The normalized spacial score (nSPS) is 19.2. The van der Waals surface area contributed by atoms with Gasteiger partial charge in [0.2, 0.25) is 0 Å². The fourth-order valence-corrected chi connectivity index (χ4v) is 13.6. The molecule has 4 aliphatic rings. The molecular weight excluding hydrogens is 886 g/mol. The molecule has 4 heterocycles. The summed E-state index contributed by atoms with van der Waals surface area (Å²) in [6.45, 7) is 26.1. The van der Waals surface area contributed by atoms with Crippen molar-refractivity contribution in [2.24, 2.45) is 0 Å². The van der Waals surface area contributed by atoms with Crippen LogP contribution in [0.4, 0.5) is 45.5 Å². The molecule has 13 rings (SSSR count). The third-order valence-corrected chi connectivity index (χ3v) is 17.8. The monoisotopic (exact) mass is 954 g/mol. The second-order valence-corrected chi connectivity index (χ2v) is 25.3. The lowest BCUT2D eigenvalue weighted by Gasteiger charge is -2.51. The molecule has 0 amide bonds. The van der Waals surface area contributed by atoms with Gasteiger partial charge in [-0.25, -0.2) is 0 Å². The Bertz CT molecular complexity index is 3710. The smallest absolute Gasteiger partial charge is 0.252 e. The van der Waals surface area contributed by atoms with Crippen molar-refractivity contribution in [3.8, 4) is 11.1 Å². The molecule has 73 heavy (non-hydrogen) atoms. The van der Waals surface area contributed by atoms with E-state index in [1.165, 1.54) is 109 Å². The summed E-state index contributed by atoms with van der Waals surface area (Å²) in [5.41, 5.74) is 22.9. The molecule has 9 aromatic rings. The van der Waals surface area contributed by atoms with E-state index in [1.807, 2.05) is 0 Å². The SMILES string of the molecule is CC(C)(C)c1cccc(N2c3cc(C(C)(C)C)ccc3B3c4cc5oc6ccccc6c5cc4N(c4ccc(C(C)(C)C)cc4-c4ccccc4)c4cc(N5c6ccccc6C6(C)CCCCC56C)cc2c43)c1. The first-order valence-corrected chi connectivity index (χ1v) is 26.9. The largest absolute Gasteiger partial charge is 0.456 e. The average molecular weight is 954 g/mol. The molecule has 1 saturated carbocycles. The Morgan fingerprint density at radius 3 is 1.86 bits per heavy atom. The third-order valence-electron chi connectivity index (χ3n) is 17.8. The van der Waals surface area contributed by atoms with Crippen LogP contribution in [0, 0.1) is 0 Å². The summed E-state index contributed by atoms with van der Waals surface area (Å²) in [4.78, 5) is 8.10. The highest BCUT2D eigenvalue weighted by molar-refractivity contribution is 7.00. The summed E-state index contributed by atoms with van der Waals surface area (Å²) in [6.07, 6.45) is 4.73. The molecule has 0 saturated heterocycles. The van der Waals surface area contributed by atoms with Gasteiger partial charge >= 0.3 is 0 Å². The van der Waals surface area contributed by atoms with Crippen molar-refractivity contribution in [2.45, 2.75) is 129 Å².